The fourth-order valence-corrected chi connectivity index (χ4v) is 2.63. The first-order chi connectivity index (χ1) is 8.60. The van der Waals surface area contributed by atoms with Crippen molar-refractivity contribution in [2.45, 2.75) is 19.8 Å². The highest BCUT2D eigenvalue weighted by atomic mass is 32.1. The first-order valence-electron chi connectivity index (χ1n) is 5.83. The van der Waals surface area contributed by atoms with Crippen molar-refractivity contribution >= 4 is 28.5 Å². The number of carbonyl (C=O) groups is 2. The summed E-state index contributed by atoms with van der Waals surface area (Å²) in [6.45, 7) is 2.75. The van der Waals surface area contributed by atoms with Crippen molar-refractivity contribution in [3.8, 4) is 0 Å². The van der Waals surface area contributed by atoms with Gasteiger partial charge in [0.1, 0.15) is 0 Å². The van der Waals surface area contributed by atoms with E-state index in [1.54, 1.807) is 0 Å². The molecule has 1 aromatic rings. The highest BCUT2D eigenvalue weighted by Crippen LogP contribution is 2.20. The number of hydrogen-bond donors (Lipinski definition) is 2. The summed E-state index contributed by atoms with van der Waals surface area (Å²) in [5, 5.41) is 14.0. The second kappa shape index (κ2) is 5.34. The van der Waals surface area contributed by atoms with E-state index in [9.17, 15) is 9.59 Å². The molecule has 1 aromatic heterocycles. The molecule has 1 aliphatic rings. The summed E-state index contributed by atoms with van der Waals surface area (Å²) < 4.78 is 0. The zero-order chi connectivity index (χ0) is 13.1. The fraction of sp³-hybridized carbons (Fsp3) is 0.545. The summed E-state index contributed by atoms with van der Waals surface area (Å²) in [7, 11) is 0. The lowest BCUT2D eigenvalue weighted by molar-refractivity contribution is -0.141. The SMILES string of the molecule is CCc1csc(NC(=O)N2CCC(C(=O)O)C2)n1. The largest absolute Gasteiger partial charge is 0.481 e. The first kappa shape index (κ1) is 12.8. The molecule has 0 radical (unpaired) electrons. The Morgan fingerprint density at radius 1 is 1.67 bits per heavy atom. The molecule has 1 saturated heterocycles. The third kappa shape index (κ3) is 2.79. The van der Waals surface area contributed by atoms with E-state index in [4.69, 9.17) is 5.11 Å². The number of aryl methyl sites for hydroxylation is 1. The predicted octanol–water partition coefficient (Wildman–Crippen LogP) is 1.64. The quantitative estimate of drug-likeness (QED) is 0.874. The predicted molar refractivity (Wildman–Crippen MR) is 67.8 cm³/mol. The lowest BCUT2D eigenvalue weighted by Crippen LogP contribution is -2.33. The van der Waals surface area contributed by atoms with E-state index in [0.717, 1.165) is 12.1 Å². The maximum absolute atomic E-state index is 11.9. The molecule has 2 heterocycles. The van der Waals surface area contributed by atoms with Crippen LogP contribution in [0.3, 0.4) is 0 Å². The van der Waals surface area contributed by atoms with Gasteiger partial charge in [-0.3, -0.25) is 10.1 Å². The Balaban J connectivity index is 1.91. The van der Waals surface area contributed by atoms with Crippen molar-refractivity contribution in [2.75, 3.05) is 18.4 Å². The molecular weight excluding hydrogens is 254 g/mol. The van der Waals surface area contributed by atoms with Crippen molar-refractivity contribution in [2.24, 2.45) is 5.92 Å². The van der Waals surface area contributed by atoms with Crippen molar-refractivity contribution in [3.63, 3.8) is 0 Å². The van der Waals surface area contributed by atoms with Gasteiger partial charge in [0.15, 0.2) is 5.13 Å². The third-order valence-corrected chi connectivity index (χ3v) is 3.76. The molecule has 1 unspecified atom stereocenters. The van der Waals surface area contributed by atoms with Crippen molar-refractivity contribution < 1.29 is 14.7 Å². The van der Waals surface area contributed by atoms with Gasteiger partial charge in [0.2, 0.25) is 0 Å². The Hall–Kier alpha value is -1.63. The summed E-state index contributed by atoms with van der Waals surface area (Å²) in [5.74, 6) is -1.29. The van der Waals surface area contributed by atoms with E-state index in [1.807, 2.05) is 12.3 Å². The van der Waals surface area contributed by atoms with Crippen LogP contribution in [0.5, 0.6) is 0 Å². The molecule has 6 nitrogen and oxygen atoms in total. The summed E-state index contributed by atoms with van der Waals surface area (Å²) in [4.78, 5) is 28.4. The fourth-order valence-electron chi connectivity index (χ4n) is 1.84. The van der Waals surface area contributed by atoms with E-state index < -0.39 is 11.9 Å². The summed E-state index contributed by atoms with van der Waals surface area (Å²) >= 11 is 1.38. The molecule has 1 fully saturated rings. The van der Waals surface area contributed by atoms with Crippen LogP contribution in [-0.2, 0) is 11.2 Å². The second-order valence-electron chi connectivity index (χ2n) is 4.20. The van der Waals surface area contributed by atoms with Crippen LogP contribution in [0.15, 0.2) is 5.38 Å². The van der Waals surface area contributed by atoms with Gasteiger partial charge in [-0.15, -0.1) is 11.3 Å². The number of urea groups is 1. The van der Waals surface area contributed by atoms with Gasteiger partial charge in [-0.1, -0.05) is 6.92 Å². The Morgan fingerprint density at radius 2 is 2.44 bits per heavy atom. The van der Waals surface area contributed by atoms with E-state index >= 15 is 0 Å². The monoisotopic (exact) mass is 269 g/mol. The van der Waals surface area contributed by atoms with Crippen LogP contribution in [-0.4, -0.2) is 40.1 Å². The van der Waals surface area contributed by atoms with E-state index in [0.29, 0.717) is 18.1 Å². The molecular formula is C11H15N3O3S. The van der Waals surface area contributed by atoms with Crippen molar-refractivity contribution in [3.05, 3.63) is 11.1 Å². The third-order valence-electron chi connectivity index (χ3n) is 2.95. The molecule has 0 saturated carbocycles. The number of carboxylic acid groups (broad SMARTS) is 1. The number of aromatic nitrogens is 1. The molecule has 0 aliphatic carbocycles. The number of carbonyl (C=O) groups excluding carboxylic acids is 1. The van der Waals surface area contributed by atoms with Crippen LogP contribution in [0.4, 0.5) is 9.93 Å². The van der Waals surface area contributed by atoms with Crippen LogP contribution in [0.1, 0.15) is 19.0 Å². The van der Waals surface area contributed by atoms with Gasteiger partial charge in [0, 0.05) is 18.5 Å². The molecule has 0 spiro atoms. The zero-order valence-corrected chi connectivity index (χ0v) is 10.9. The van der Waals surface area contributed by atoms with Crippen LogP contribution >= 0.6 is 11.3 Å². The zero-order valence-electron chi connectivity index (χ0n) is 10.0. The van der Waals surface area contributed by atoms with Gasteiger partial charge in [0.05, 0.1) is 11.6 Å². The molecule has 2 rings (SSSR count). The minimum atomic E-state index is -0.840. The topological polar surface area (TPSA) is 82.5 Å². The first-order valence-corrected chi connectivity index (χ1v) is 6.71. The number of nitrogens with one attached hydrogen (secondary N) is 1. The Labute approximate surface area is 109 Å². The summed E-state index contributed by atoms with van der Waals surface area (Å²) in [6.07, 6.45) is 1.35. The minimum absolute atomic E-state index is 0.268. The standard InChI is InChI=1S/C11H15N3O3S/c1-2-8-6-18-10(12-8)13-11(17)14-4-3-7(5-14)9(15)16/h6-7H,2-5H2,1H3,(H,15,16)(H,12,13,17). The highest BCUT2D eigenvalue weighted by Gasteiger charge is 2.31. The number of aliphatic carboxylic acids is 1. The molecule has 18 heavy (non-hydrogen) atoms. The number of hydrogen-bond acceptors (Lipinski definition) is 4. The number of thiazole rings is 1. The van der Waals surface area contributed by atoms with Crippen LogP contribution in [0.25, 0.3) is 0 Å². The summed E-state index contributed by atoms with van der Waals surface area (Å²) in [6, 6.07) is -0.268. The minimum Gasteiger partial charge on any atom is -0.481 e. The molecule has 1 atom stereocenters. The van der Waals surface area contributed by atoms with Crippen LogP contribution < -0.4 is 5.32 Å². The van der Waals surface area contributed by atoms with Crippen LogP contribution in [0.2, 0.25) is 0 Å². The average Bonchev–Trinajstić information content (AvgIpc) is 2.97. The van der Waals surface area contributed by atoms with Gasteiger partial charge in [-0.25, -0.2) is 9.78 Å². The normalized spacial score (nSPS) is 18.9. The number of carboxylic acids is 1. The Bertz CT molecular complexity index is 460. The molecule has 1 aliphatic heterocycles. The van der Waals surface area contributed by atoms with Gasteiger partial charge >= 0.3 is 12.0 Å². The highest BCUT2D eigenvalue weighted by molar-refractivity contribution is 7.13. The van der Waals surface area contributed by atoms with Crippen molar-refractivity contribution in [1.82, 2.24) is 9.88 Å². The number of nitrogens with zero attached hydrogens (tertiary/aromatic N) is 2. The smallest absolute Gasteiger partial charge is 0.323 e. The Morgan fingerprint density at radius 3 is 3.00 bits per heavy atom. The number of anilines is 1. The number of amides is 2. The number of rotatable bonds is 3. The molecule has 2 N–H and O–H groups in total. The van der Waals surface area contributed by atoms with Gasteiger partial charge in [-0.2, -0.15) is 0 Å². The molecule has 0 aromatic carbocycles. The molecule has 2 amide bonds. The van der Waals surface area contributed by atoms with Gasteiger partial charge in [0.25, 0.3) is 0 Å². The maximum atomic E-state index is 11.9. The van der Waals surface area contributed by atoms with E-state index in [-0.39, 0.29) is 12.6 Å². The average molecular weight is 269 g/mol. The molecule has 98 valence electrons. The second-order valence-corrected chi connectivity index (χ2v) is 5.06. The van der Waals surface area contributed by atoms with Gasteiger partial charge < -0.3 is 10.0 Å². The lowest BCUT2D eigenvalue weighted by Gasteiger charge is -2.15. The van der Waals surface area contributed by atoms with Crippen LogP contribution in [0, 0.1) is 5.92 Å². The number of likely N-dealkylation sites (tertiary alicyclic amines) is 1. The van der Waals surface area contributed by atoms with Gasteiger partial charge in [-0.05, 0) is 12.8 Å². The van der Waals surface area contributed by atoms with E-state index in [2.05, 4.69) is 10.3 Å². The lowest BCUT2D eigenvalue weighted by atomic mass is 10.1. The maximum Gasteiger partial charge on any atom is 0.323 e. The summed E-state index contributed by atoms with van der Waals surface area (Å²) in [5.41, 5.74) is 0.945. The molecule has 7 heteroatoms. The molecule has 0 bridgehead atoms. The Kier molecular flexibility index (Phi) is 3.81. The van der Waals surface area contributed by atoms with Crippen molar-refractivity contribution in [1.29, 1.82) is 0 Å². The van der Waals surface area contributed by atoms with E-state index in [1.165, 1.54) is 16.2 Å².